The topological polar surface area (TPSA) is 77.8 Å². The van der Waals surface area contributed by atoms with Gasteiger partial charge in [-0.15, -0.1) is 0 Å². The average Bonchev–Trinajstić information content (AvgIpc) is 0.722. The maximum atomic E-state index is 8.94. The fourth-order valence-electron chi connectivity index (χ4n) is 0. The van der Waals surface area contributed by atoms with Gasteiger partial charge in [-0.2, -0.15) is 0 Å². The van der Waals surface area contributed by atoms with Gasteiger partial charge in [0.05, 0.1) is 0 Å². The molecule has 7 heavy (non-hydrogen) atoms. The average molecular weight is 222 g/mol. The Bertz CT molecular complexity index is 55.8. The molecule has 0 spiro atoms. The summed E-state index contributed by atoms with van der Waals surface area (Å²) in [5, 5.41) is 0. The van der Waals surface area contributed by atoms with Gasteiger partial charge in [-0.05, 0) is 0 Å². The third-order valence-corrected chi connectivity index (χ3v) is 0. The van der Waals surface area contributed by atoms with E-state index >= 15 is 0 Å². The molecule has 4 nitrogen and oxygen atoms in total. The van der Waals surface area contributed by atoms with Crippen LogP contribution in [0, 0.1) is 0 Å². The molecule has 0 atom stereocenters. The fourth-order valence-corrected chi connectivity index (χ4v) is 0. The van der Waals surface area contributed by atoms with Crippen LogP contribution in [0.3, 0.4) is 0 Å². The molecule has 0 fully saturated rings. The van der Waals surface area contributed by atoms with Gasteiger partial charge in [0.1, 0.15) is 0 Å². The molecule has 0 amide bonds. The van der Waals surface area contributed by atoms with E-state index in [4.69, 9.17) is 16.0 Å². The molecule has 0 unspecified atom stereocenters. The second-order valence-electron chi connectivity index (χ2n) is 0.513. The molecular formula is H5AsK2O4. The number of rotatable bonds is 0. The van der Waals surface area contributed by atoms with E-state index in [1.807, 2.05) is 0 Å². The van der Waals surface area contributed by atoms with Gasteiger partial charge < -0.3 is 0 Å². The summed E-state index contributed by atoms with van der Waals surface area (Å²) in [6.07, 6.45) is 0. The quantitative estimate of drug-likeness (QED) is 0.372. The van der Waals surface area contributed by atoms with Crippen molar-refractivity contribution in [3.63, 3.8) is 0 Å². The van der Waals surface area contributed by atoms with Crippen molar-refractivity contribution in [1.82, 2.24) is 0 Å². The van der Waals surface area contributed by atoms with Crippen molar-refractivity contribution >= 4 is 117 Å². The van der Waals surface area contributed by atoms with Crippen molar-refractivity contribution in [3.8, 4) is 0 Å². The summed E-state index contributed by atoms with van der Waals surface area (Å²) in [5.74, 6) is 0. The van der Waals surface area contributed by atoms with Gasteiger partial charge in [0.15, 0.2) is 0 Å². The molecule has 0 rings (SSSR count). The zero-order valence-electron chi connectivity index (χ0n) is 2.20. The first-order valence-corrected chi connectivity index (χ1v) is 4.07. The predicted molar refractivity (Wildman–Crippen MR) is 27.4 cm³/mol. The summed E-state index contributed by atoms with van der Waals surface area (Å²) in [6, 6.07) is 0. The molecule has 36 valence electrons. The van der Waals surface area contributed by atoms with Crippen LogP contribution in [0.2, 0.25) is 0 Å². The second kappa shape index (κ2) is 7.62. The van der Waals surface area contributed by atoms with Crippen molar-refractivity contribution in [1.29, 1.82) is 0 Å². The third-order valence-electron chi connectivity index (χ3n) is 0. The van der Waals surface area contributed by atoms with Gasteiger partial charge in [-0.3, -0.25) is 0 Å². The first-order valence-electron chi connectivity index (χ1n) is 0.783. The summed E-state index contributed by atoms with van der Waals surface area (Å²) in [4.78, 5) is 0. The summed E-state index contributed by atoms with van der Waals surface area (Å²) < 4.78 is 30.7. The standard InChI is InChI=1S/AsH3O4.2K.2H/c2-1(3,4)5;;;;/h(H3,2,3,4,5);;;;. The van der Waals surface area contributed by atoms with E-state index in [1.54, 1.807) is 0 Å². The number of hydrogen-bond donors (Lipinski definition) is 3. The first-order chi connectivity index (χ1) is 2.00. The third kappa shape index (κ3) is 43.5. The van der Waals surface area contributed by atoms with Crippen molar-refractivity contribution in [3.05, 3.63) is 0 Å². The minimum atomic E-state index is -5.12. The Morgan fingerprint density at radius 3 is 1.00 bits per heavy atom. The molecule has 0 saturated heterocycles. The van der Waals surface area contributed by atoms with Crippen LogP contribution in [0.25, 0.3) is 0 Å². The molecule has 0 aromatic carbocycles. The zero-order chi connectivity index (χ0) is 4.50. The molecule has 0 bridgehead atoms. The van der Waals surface area contributed by atoms with Crippen LogP contribution in [0.4, 0.5) is 0 Å². The molecule has 0 aliphatic carbocycles. The normalized spacial score (nSPS) is 8.43. The Balaban J connectivity index is -0.0000000800. The predicted octanol–water partition coefficient (Wildman–Crippen LogP) is -3.47. The van der Waals surface area contributed by atoms with E-state index in [0.717, 1.165) is 0 Å². The van der Waals surface area contributed by atoms with Gasteiger partial charge in [0.2, 0.25) is 0 Å². The van der Waals surface area contributed by atoms with E-state index in [2.05, 4.69) is 0 Å². The Morgan fingerprint density at radius 1 is 1.00 bits per heavy atom. The van der Waals surface area contributed by atoms with E-state index in [-0.39, 0.29) is 103 Å². The Morgan fingerprint density at radius 2 is 1.00 bits per heavy atom. The van der Waals surface area contributed by atoms with E-state index in [1.165, 1.54) is 0 Å². The maximum absolute atomic E-state index is 8.94. The van der Waals surface area contributed by atoms with Crippen molar-refractivity contribution in [2.24, 2.45) is 0 Å². The first kappa shape index (κ1) is 16.9. The van der Waals surface area contributed by atoms with E-state index in [0.29, 0.717) is 0 Å². The SMILES string of the molecule is O=[As](O)(O)O.[KH].[KH]. The van der Waals surface area contributed by atoms with Crippen LogP contribution in [0.1, 0.15) is 0 Å². The van der Waals surface area contributed by atoms with Crippen LogP contribution in [0.5, 0.6) is 0 Å². The second-order valence-corrected chi connectivity index (χ2v) is 2.67. The van der Waals surface area contributed by atoms with Crippen molar-refractivity contribution in [2.75, 3.05) is 0 Å². The fraction of sp³-hybridized carbons (Fsp3) is 0. The van der Waals surface area contributed by atoms with Gasteiger partial charge in [-0.1, -0.05) is 0 Å². The minimum absolute atomic E-state index is 0. The molecule has 0 aromatic rings. The molecule has 0 saturated carbocycles. The number of hydrogen-bond acceptors (Lipinski definition) is 1. The van der Waals surface area contributed by atoms with Gasteiger partial charge in [-0.25, -0.2) is 0 Å². The van der Waals surface area contributed by atoms with Gasteiger partial charge >= 0.3 is 133 Å². The van der Waals surface area contributed by atoms with Crippen LogP contribution in [-0.2, 0) is 3.74 Å². The summed E-state index contributed by atoms with van der Waals surface area (Å²) in [6.45, 7) is 0. The van der Waals surface area contributed by atoms with Gasteiger partial charge in [0, 0.05) is 0 Å². The summed E-state index contributed by atoms with van der Waals surface area (Å²) in [5.41, 5.74) is 0. The molecule has 0 aliphatic heterocycles. The molecule has 3 N–H and O–H groups in total. The summed E-state index contributed by atoms with van der Waals surface area (Å²) >= 11 is -5.12. The monoisotopic (exact) mass is 222 g/mol. The zero-order valence-corrected chi connectivity index (χ0v) is 4.07. The molecule has 0 aliphatic rings. The molecular weight excluding hydrogens is 217 g/mol. The summed E-state index contributed by atoms with van der Waals surface area (Å²) in [7, 11) is 0. The molecule has 0 aromatic heterocycles. The molecule has 0 heterocycles. The van der Waals surface area contributed by atoms with Gasteiger partial charge in [0.25, 0.3) is 0 Å². The van der Waals surface area contributed by atoms with Crippen molar-refractivity contribution < 1.29 is 16.0 Å². The molecule has 7 heteroatoms. The van der Waals surface area contributed by atoms with Crippen LogP contribution < -0.4 is 0 Å². The molecule has 0 radical (unpaired) electrons. The van der Waals surface area contributed by atoms with Crippen LogP contribution >= 0.6 is 0 Å². The van der Waals surface area contributed by atoms with E-state index in [9.17, 15) is 0 Å². The Hall–Kier alpha value is 3.51. The van der Waals surface area contributed by atoms with E-state index < -0.39 is 14.5 Å². The Kier molecular flexibility index (Phi) is 18.3. The van der Waals surface area contributed by atoms with Crippen LogP contribution in [-0.4, -0.2) is 130 Å². The van der Waals surface area contributed by atoms with Crippen molar-refractivity contribution in [2.45, 2.75) is 0 Å². The van der Waals surface area contributed by atoms with Crippen LogP contribution in [0.15, 0.2) is 0 Å². The Labute approximate surface area is 129 Å².